The zero-order valence-electron chi connectivity index (χ0n) is 16.6. The molecule has 28 heavy (non-hydrogen) atoms. The average Bonchev–Trinajstić information content (AvgIpc) is 3.21. The van der Waals surface area contributed by atoms with Gasteiger partial charge in [-0.2, -0.15) is 0 Å². The van der Waals surface area contributed by atoms with Gasteiger partial charge in [0.05, 0.1) is 13.2 Å². The molecule has 2 N–H and O–H groups in total. The molecule has 0 radical (unpaired) electrons. The third kappa shape index (κ3) is 3.62. The Morgan fingerprint density at radius 3 is 2.64 bits per heavy atom. The topological polar surface area (TPSA) is 68.7 Å². The maximum atomic E-state index is 11.9. The number of fused-ring (bicyclic) bond motifs is 1. The number of nitrogens with zero attached hydrogens (tertiary/aromatic N) is 1. The number of nitrogens with two attached hydrogens (primary N) is 1. The van der Waals surface area contributed by atoms with Crippen LogP contribution in [0.15, 0.2) is 52.9 Å². The Kier molecular flexibility index (Phi) is 4.63. The molecule has 0 spiro atoms. The molecule has 0 saturated carbocycles. The summed E-state index contributed by atoms with van der Waals surface area (Å²) in [5, 5.41) is 1.05. The first-order valence-corrected chi connectivity index (χ1v) is 9.55. The van der Waals surface area contributed by atoms with E-state index in [9.17, 15) is 4.79 Å². The first kappa shape index (κ1) is 18.6. The molecular weight excluding hydrogens is 352 g/mol. The molecule has 1 atom stereocenters. The molecule has 2 aromatic carbocycles. The number of benzene rings is 2. The van der Waals surface area contributed by atoms with Crippen molar-refractivity contribution < 1.29 is 13.9 Å². The summed E-state index contributed by atoms with van der Waals surface area (Å²) < 4.78 is 11.2. The molecule has 1 aromatic heterocycles. The van der Waals surface area contributed by atoms with Crippen LogP contribution in [0, 0.1) is 5.41 Å². The summed E-state index contributed by atoms with van der Waals surface area (Å²) in [7, 11) is 1.65. The van der Waals surface area contributed by atoms with Crippen molar-refractivity contribution in [2.45, 2.75) is 32.9 Å². The second-order valence-electron chi connectivity index (χ2n) is 8.40. The normalized spacial score (nSPS) is 19.2. The van der Waals surface area contributed by atoms with Crippen LogP contribution < -0.4 is 10.5 Å². The highest BCUT2D eigenvalue weighted by atomic mass is 16.5. The first-order valence-electron chi connectivity index (χ1n) is 9.55. The number of methoxy groups -OCH3 is 1. The van der Waals surface area contributed by atoms with Crippen LogP contribution in [0.25, 0.3) is 22.3 Å². The third-order valence-electron chi connectivity index (χ3n) is 5.49. The Labute approximate surface area is 165 Å². The maximum absolute atomic E-state index is 11.9. The highest BCUT2D eigenvalue weighted by Gasteiger charge is 2.40. The SMILES string of the molecule is COc1ccc(-c2cc3cc(CN4CC(C)(C)CC4C(N)=O)ccc3o2)cc1. The number of hydrogen-bond donors (Lipinski definition) is 1. The maximum Gasteiger partial charge on any atom is 0.234 e. The molecule has 146 valence electrons. The largest absolute Gasteiger partial charge is 0.497 e. The molecule has 1 aliphatic rings. The highest BCUT2D eigenvalue weighted by molar-refractivity contribution is 5.83. The summed E-state index contributed by atoms with van der Waals surface area (Å²) in [6.07, 6.45) is 0.803. The van der Waals surface area contributed by atoms with Gasteiger partial charge in [-0.3, -0.25) is 9.69 Å². The molecule has 4 rings (SSSR count). The number of rotatable bonds is 5. The van der Waals surface area contributed by atoms with Gasteiger partial charge >= 0.3 is 0 Å². The quantitative estimate of drug-likeness (QED) is 0.723. The summed E-state index contributed by atoms with van der Waals surface area (Å²) >= 11 is 0. The number of carbonyl (C=O) groups excluding carboxylic acids is 1. The lowest BCUT2D eigenvalue weighted by Crippen LogP contribution is -2.39. The van der Waals surface area contributed by atoms with E-state index in [0.717, 1.165) is 46.6 Å². The van der Waals surface area contributed by atoms with E-state index in [-0.39, 0.29) is 17.4 Å². The van der Waals surface area contributed by atoms with E-state index in [1.807, 2.05) is 30.3 Å². The van der Waals surface area contributed by atoms with E-state index in [1.165, 1.54) is 0 Å². The molecule has 1 fully saturated rings. The zero-order valence-corrected chi connectivity index (χ0v) is 16.6. The average molecular weight is 378 g/mol. The second-order valence-corrected chi connectivity index (χ2v) is 8.40. The fourth-order valence-electron chi connectivity index (χ4n) is 4.15. The zero-order chi connectivity index (χ0) is 19.9. The van der Waals surface area contributed by atoms with Crippen molar-refractivity contribution in [3.8, 4) is 17.1 Å². The standard InChI is InChI=1S/C23H26N2O3/c1-23(2)12-19(22(24)26)25(14-23)13-15-4-9-20-17(10-15)11-21(28-20)16-5-7-18(27-3)8-6-16/h4-11,19H,12-14H2,1-3H3,(H2,24,26). The third-order valence-corrected chi connectivity index (χ3v) is 5.49. The van der Waals surface area contributed by atoms with Crippen molar-refractivity contribution in [2.75, 3.05) is 13.7 Å². The van der Waals surface area contributed by atoms with Crippen LogP contribution in [0.5, 0.6) is 5.75 Å². The van der Waals surface area contributed by atoms with Gasteiger partial charge in [-0.15, -0.1) is 0 Å². The lowest BCUT2D eigenvalue weighted by atomic mass is 9.90. The van der Waals surface area contributed by atoms with Gasteiger partial charge in [0, 0.05) is 24.0 Å². The number of carbonyl (C=O) groups is 1. The van der Waals surface area contributed by atoms with E-state index in [2.05, 4.69) is 36.9 Å². The molecule has 0 bridgehead atoms. The van der Waals surface area contributed by atoms with Crippen LogP contribution in [0.4, 0.5) is 0 Å². The van der Waals surface area contributed by atoms with Gasteiger partial charge < -0.3 is 14.9 Å². The van der Waals surface area contributed by atoms with E-state index in [1.54, 1.807) is 7.11 Å². The van der Waals surface area contributed by atoms with Crippen molar-refractivity contribution in [3.05, 3.63) is 54.1 Å². The van der Waals surface area contributed by atoms with E-state index in [0.29, 0.717) is 6.54 Å². The molecule has 0 aliphatic carbocycles. The number of primary amides is 1. The lowest BCUT2D eigenvalue weighted by Gasteiger charge is -2.22. The van der Waals surface area contributed by atoms with Gasteiger partial charge in [0.1, 0.15) is 17.1 Å². The molecule has 3 aromatic rings. The molecular formula is C23H26N2O3. The second kappa shape index (κ2) is 6.99. The van der Waals surface area contributed by atoms with Gasteiger partial charge in [-0.05, 0) is 59.9 Å². The minimum Gasteiger partial charge on any atom is -0.497 e. The number of likely N-dealkylation sites (tertiary alicyclic amines) is 1. The van der Waals surface area contributed by atoms with Crippen molar-refractivity contribution in [2.24, 2.45) is 11.1 Å². The van der Waals surface area contributed by atoms with Crippen molar-refractivity contribution in [1.29, 1.82) is 0 Å². The van der Waals surface area contributed by atoms with Crippen LogP contribution in [0.2, 0.25) is 0 Å². The predicted molar refractivity (Wildman–Crippen MR) is 110 cm³/mol. The Bertz CT molecular complexity index is 1000. The van der Waals surface area contributed by atoms with E-state index in [4.69, 9.17) is 14.9 Å². The molecule has 1 amide bonds. The summed E-state index contributed by atoms with van der Waals surface area (Å²) in [6, 6.07) is 15.9. The number of amides is 1. The minimum absolute atomic E-state index is 0.0982. The molecule has 2 heterocycles. The summed E-state index contributed by atoms with van der Waals surface area (Å²) in [6.45, 7) is 5.93. The first-order chi connectivity index (χ1) is 13.3. The number of ether oxygens (including phenoxy) is 1. The monoisotopic (exact) mass is 378 g/mol. The Morgan fingerprint density at radius 2 is 1.96 bits per heavy atom. The van der Waals surface area contributed by atoms with Gasteiger partial charge in [0.15, 0.2) is 0 Å². The Hall–Kier alpha value is -2.79. The van der Waals surface area contributed by atoms with Crippen molar-refractivity contribution in [3.63, 3.8) is 0 Å². The Balaban J connectivity index is 1.58. The molecule has 1 saturated heterocycles. The molecule has 5 heteroatoms. The minimum atomic E-state index is -0.239. The van der Waals surface area contributed by atoms with Crippen LogP contribution in [-0.4, -0.2) is 30.5 Å². The molecule has 1 aliphatic heterocycles. The van der Waals surface area contributed by atoms with Crippen LogP contribution in [0.3, 0.4) is 0 Å². The number of furan rings is 1. The van der Waals surface area contributed by atoms with Gasteiger partial charge in [-0.1, -0.05) is 19.9 Å². The Morgan fingerprint density at radius 1 is 1.21 bits per heavy atom. The van der Waals surface area contributed by atoms with Crippen LogP contribution in [0.1, 0.15) is 25.8 Å². The fourth-order valence-corrected chi connectivity index (χ4v) is 4.15. The van der Waals surface area contributed by atoms with Crippen LogP contribution in [-0.2, 0) is 11.3 Å². The summed E-state index contributed by atoms with van der Waals surface area (Å²) in [4.78, 5) is 14.1. The van der Waals surface area contributed by atoms with E-state index >= 15 is 0 Å². The summed E-state index contributed by atoms with van der Waals surface area (Å²) in [5.41, 5.74) is 8.74. The van der Waals surface area contributed by atoms with Gasteiger partial charge in [-0.25, -0.2) is 0 Å². The number of hydrogen-bond acceptors (Lipinski definition) is 4. The molecule has 1 unspecified atom stereocenters. The lowest BCUT2D eigenvalue weighted by molar-refractivity contribution is -0.122. The highest BCUT2D eigenvalue weighted by Crippen LogP contribution is 2.35. The fraction of sp³-hybridized carbons (Fsp3) is 0.348. The van der Waals surface area contributed by atoms with E-state index < -0.39 is 0 Å². The molecule has 5 nitrogen and oxygen atoms in total. The smallest absolute Gasteiger partial charge is 0.234 e. The van der Waals surface area contributed by atoms with Crippen molar-refractivity contribution >= 4 is 16.9 Å². The summed E-state index contributed by atoms with van der Waals surface area (Å²) in [5.74, 6) is 1.41. The van der Waals surface area contributed by atoms with Crippen molar-refractivity contribution in [1.82, 2.24) is 4.90 Å². The van der Waals surface area contributed by atoms with Gasteiger partial charge in [0.2, 0.25) is 5.91 Å². The predicted octanol–water partition coefficient (Wildman–Crippen LogP) is 4.19. The van der Waals surface area contributed by atoms with Crippen LogP contribution >= 0.6 is 0 Å². The van der Waals surface area contributed by atoms with Gasteiger partial charge in [0.25, 0.3) is 0 Å².